The number of hydrogen-bond acceptors (Lipinski definition) is 3. The molecule has 0 spiro atoms. The topological polar surface area (TPSA) is 33.2 Å². The fraction of sp³-hybridized carbons (Fsp3) is 0.250. The Labute approximate surface area is 127 Å². The van der Waals surface area contributed by atoms with Crippen LogP contribution in [0.5, 0.6) is 0 Å². The van der Waals surface area contributed by atoms with Gasteiger partial charge in [0.1, 0.15) is 0 Å². The molecular weight excluding hydrogens is 316 g/mol. The van der Waals surface area contributed by atoms with Gasteiger partial charge in [0.25, 0.3) is 0 Å². The molecule has 0 saturated heterocycles. The maximum atomic E-state index is 11.3. The van der Waals surface area contributed by atoms with Crippen LogP contribution in [0, 0.1) is 0 Å². The number of anilines is 1. The van der Waals surface area contributed by atoms with E-state index in [2.05, 4.69) is 32.9 Å². The lowest BCUT2D eigenvalue weighted by atomic mass is 10.1. The number of nitrogens with zero attached hydrogens (tertiary/aromatic N) is 2. The summed E-state index contributed by atoms with van der Waals surface area (Å²) in [6.45, 7) is 2.48. The summed E-state index contributed by atoms with van der Waals surface area (Å²) in [5, 5.41) is 0. The maximum Gasteiger partial charge on any atom is 0.159 e. The van der Waals surface area contributed by atoms with Crippen molar-refractivity contribution in [2.24, 2.45) is 0 Å². The predicted molar refractivity (Wildman–Crippen MR) is 85.4 cm³/mol. The number of benzene rings is 1. The SMILES string of the molecule is CC(=O)c1ccc(N(C)CCc2ccncc2)c(Br)c1. The number of hydrogen-bond donors (Lipinski definition) is 0. The van der Waals surface area contributed by atoms with Gasteiger partial charge in [-0.15, -0.1) is 0 Å². The minimum Gasteiger partial charge on any atom is -0.373 e. The number of carbonyl (C=O) groups is 1. The van der Waals surface area contributed by atoms with Gasteiger partial charge in [-0.05, 0) is 65.2 Å². The molecule has 2 aromatic rings. The van der Waals surface area contributed by atoms with Crippen molar-refractivity contribution in [3.05, 3.63) is 58.3 Å². The Morgan fingerprint density at radius 1 is 1.25 bits per heavy atom. The Morgan fingerprint density at radius 3 is 2.55 bits per heavy atom. The summed E-state index contributed by atoms with van der Waals surface area (Å²) in [5.74, 6) is 0.0803. The van der Waals surface area contributed by atoms with Crippen LogP contribution in [0.2, 0.25) is 0 Å². The molecule has 4 heteroatoms. The fourth-order valence-electron chi connectivity index (χ4n) is 2.00. The molecule has 0 aliphatic rings. The zero-order chi connectivity index (χ0) is 14.5. The van der Waals surface area contributed by atoms with E-state index >= 15 is 0 Å². The van der Waals surface area contributed by atoms with Crippen LogP contribution in [0.15, 0.2) is 47.2 Å². The van der Waals surface area contributed by atoms with Gasteiger partial charge in [0.2, 0.25) is 0 Å². The van der Waals surface area contributed by atoms with Crippen molar-refractivity contribution in [3.63, 3.8) is 0 Å². The second kappa shape index (κ2) is 6.66. The maximum absolute atomic E-state index is 11.3. The number of rotatable bonds is 5. The van der Waals surface area contributed by atoms with E-state index in [1.807, 2.05) is 42.7 Å². The number of Topliss-reactive ketones (excluding diaryl/α,β-unsaturated/α-hetero) is 1. The molecular formula is C16H17BrN2O. The lowest BCUT2D eigenvalue weighted by molar-refractivity contribution is 0.101. The van der Waals surface area contributed by atoms with Gasteiger partial charge in [0, 0.05) is 36.0 Å². The zero-order valence-electron chi connectivity index (χ0n) is 11.6. The summed E-state index contributed by atoms with van der Waals surface area (Å²) in [5.41, 5.74) is 3.08. The monoisotopic (exact) mass is 332 g/mol. The van der Waals surface area contributed by atoms with Crippen molar-refractivity contribution in [1.82, 2.24) is 4.98 Å². The molecule has 0 bridgehead atoms. The largest absolute Gasteiger partial charge is 0.373 e. The fourth-order valence-corrected chi connectivity index (χ4v) is 2.68. The van der Waals surface area contributed by atoms with E-state index in [9.17, 15) is 4.79 Å². The first-order valence-electron chi connectivity index (χ1n) is 6.48. The van der Waals surface area contributed by atoms with Gasteiger partial charge in [-0.3, -0.25) is 9.78 Å². The Bertz CT molecular complexity index is 599. The molecule has 0 N–H and O–H groups in total. The molecule has 2 rings (SSSR count). The summed E-state index contributed by atoms with van der Waals surface area (Å²) in [6.07, 6.45) is 4.58. The van der Waals surface area contributed by atoms with Gasteiger partial charge >= 0.3 is 0 Å². The highest BCUT2D eigenvalue weighted by Gasteiger charge is 2.08. The smallest absolute Gasteiger partial charge is 0.159 e. The molecule has 0 radical (unpaired) electrons. The van der Waals surface area contributed by atoms with E-state index < -0.39 is 0 Å². The first-order chi connectivity index (χ1) is 9.58. The number of pyridine rings is 1. The Hall–Kier alpha value is -1.68. The van der Waals surface area contributed by atoms with E-state index in [1.165, 1.54) is 5.56 Å². The molecule has 104 valence electrons. The number of aromatic nitrogens is 1. The average Bonchev–Trinajstić information content (AvgIpc) is 2.45. The molecule has 0 fully saturated rings. The van der Waals surface area contributed by atoms with Crippen LogP contribution in [0.3, 0.4) is 0 Å². The van der Waals surface area contributed by atoms with Crippen molar-refractivity contribution in [2.75, 3.05) is 18.5 Å². The second-order valence-electron chi connectivity index (χ2n) is 4.75. The zero-order valence-corrected chi connectivity index (χ0v) is 13.2. The third-order valence-electron chi connectivity index (χ3n) is 3.25. The van der Waals surface area contributed by atoms with Crippen LogP contribution in [0.1, 0.15) is 22.8 Å². The van der Waals surface area contributed by atoms with Gasteiger partial charge in [0.05, 0.1) is 5.69 Å². The highest BCUT2D eigenvalue weighted by Crippen LogP contribution is 2.27. The highest BCUT2D eigenvalue weighted by molar-refractivity contribution is 9.10. The van der Waals surface area contributed by atoms with Crippen molar-refractivity contribution < 1.29 is 4.79 Å². The van der Waals surface area contributed by atoms with Crippen LogP contribution in [0.25, 0.3) is 0 Å². The van der Waals surface area contributed by atoms with Gasteiger partial charge in [-0.2, -0.15) is 0 Å². The summed E-state index contributed by atoms with van der Waals surface area (Å²) >= 11 is 3.54. The predicted octanol–water partition coefficient (Wildman–Crippen LogP) is 3.73. The summed E-state index contributed by atoms with van der Waals surface area (Å²) in [4.78, 5) is 17.5. The van der Waals surface area contributed by atoms with Crippen molar-refractivity contribution in [3.8, 4) is 0 Å². The lowest BCUT2D eigenvalue weighted by Gasteiger charge is -2.21. The van der Waals surface area contributed by atoms with E-state index in [-0.39, 0.29) is 5.78 Å². The van der Waals surface area contributed by atoms with E-state index in [4.69, 9.17) is 0 Å². The normalized spacial score (nSPS) is 10.3. The number of likely N-dealkylation sites (N-methyl/N-ethyl adjacent to an activating group) is 1. The van der Waals surface area contributed by atoms with Crippen LogP contribution in [-0.2, 0) is 6.42 Å². The van der Waals surface area contributed by atoms with Gasteiger partial charge in [-0.1, -0.05) is 0 Å². The average molecular weight is 333 g/mol. The Morgan fingerprint density at radius 2 is 1.95 bits per heavy atom. The van der Waals surface area contributed by atoms with Gasteiger partial charge in [0.15, 0.2) is 5.78 Å². The molecule has 0 amide bonds. The first kappa shape index (κ1) is 14.7. The number of halogens is 1. The van der Waals surface area contributed by atoms with Crippen LogP contribution < -0.4 is 4.90 Å². The summed E-state index contributed by atoms with van der Waals surface area (Å²) < 4.78 is 0.947. The Kier molecular flexibility index (Phi) is 4.90. The van der Waals surface area contributed by atoms with Crippen molar-refractivity contribution in [2.45, 2.75) is 13.3 Å². The molecule has 0 aliphatic carbocycles. The van der Waals surface area contributed by atoms with Gasteiger partial charge in [-0.25, -0.2) is 0 Å². The molecule has 0 saturated carbocycles. The minimum atomic E-state index is 0.0803. The Balaban J connectivity index is 2.06. The van der Waals surface area contributed by atoms with Crippen molar-refractivity contribution in [1.29, 1.82) is 0 Å². The molecule has 1 aromatic heterocycles. The highest BCUT2D eigenvalue weighted by atomic mass is 79.9. The quantitative estimate of drug-likeness (QED) is 0.782. The third kappa shape index (κ3) is 3.67. The summed E-state index contributed by atoms with van der Waals surface area (Å²) in [6, 6.07) is 9.78. The number of carbonyl (C=O) groups excluding carboxylic acids is 1. The molecule has 0 aliphatic heterocycles. The molecule has 20 heavy (non-hydrogen) atoms. The first-order valence-corrected chi connectivity index (χ1v) is 7.28. The van der Waals surface area contributed by atoms with E-state index in [1.54, 1.807) is 6.92 Å². The summed E-state index contributed by atoms with van der Waals surface area (Å²) in [7, 11) is 2.05. The molecule has 0 atom stereocenters. The van der Waals surface area contributed by atoms with Gasteiger partial charge < -0.3 is 4.90 Å². The van der Waals surface area contributed by atoms with E-state index in [0.717, 1.165) is 28.7 Å². The second-order valence-corrected chi connectivity index (χ2v) is 5.60. The van der Waals surface area contributed by atoms with E-state index in [0.29, 0.717) is 0 Å². The lowest BCUT2D eigenvalue weighted by Crippen LogP contribution is -2.20. The molecule has 3 nitrogen and oxygen atoms in total. The van der Waals surface area contributed by atoms with Crippen LogP contribution in [0.4, 0.5) is 5.69 Å². The minimum absolute atomic E-state index is 0.0803. The van der Waals surface area contributed by atoms with Crippen molar-refractivity contribution >= 4 is 27.4 Å². The molecule has 1 heterocycles. The standard InChI is InChI=1S/C16H17BrN2O/c1-12(20)14-3-4-16(15(17)11-14)19(2)10-7-13-5-8-18-9-6-13/h3-6,8-9,11H,7,10H2,1-2H3. The third-order valence-corrected chi connectivity index (χ3v) is 3.89. The number of ketones is 1. The molecule has 1 aromatic carbocycles. The van der Waals surface area contributed by atoms with Crippen LogP contribution in [-0.4, -0.2) is 24.4 Å². The van der Waals surface area contributed by atoms with Crippen LogP contribution >= 0.6 is 15.9 Å². The molecule has 0 unspecified atom stereocenters.